The number of allylic oxidation sites excluding steroid dienone is 2. The maximum Gasteiger partial charge on any atom is 0.320 e. The van der Waals surface area contributed by atoms with E-state index in [2.05, 4.69) is 24.4 Å². The SMILES string of the molecule is CCCCCCCCCCCCC/C=C/CCCCC(=O)NCCCC[C@@H](C(=O)O)N(C)C. The first-order valence-corrected chi connectivity index (χ1v) is 13.8. The van der Waals surface area contributed by atoms with Crippen molar-refractivity contribution in [2.45, 2.75) is 135 Å². The molecule has 1 amide bonds. The van der Waals surface area contributed by atoms with Crippen LogP contribution >= 0.6 is 0 Å². The molecule has 0 rings (SSSR count). The van der Waals surface area contributed by atoms with Gasteiger partial charge in [0, 0.05) is 13.0 Å². The topological polar surface area (TPSA) is 69.6 Å². The molecular weight excluding hydrogens is 412 g/mol. The fourth-order valence-electron chi connectivity index (χ4n) is 4.09. The molecule has 0 aromatic heterocycles. The minimum Gasteiger partial charge on any atom is -0.480 e. The van der Waals surface area contributed by atoms with E-state index in [4.69, 9.17) is 5.11 Å². The lowest BCUT2D eigenvalue weighted by atomic mass is 10.1. The molecule has 0 aliphatic carbocycles. The molecule has 0 aliphatic heterocycles. The third-order valence-electron chi connectivity index (χ3n) is 6.30. The summed E-state index contributed by atoms with van der Waals surface area (Å²) in [6, 6.07) is -0.441. The maximum atomic E-state index is 11.9. The summed E-state index contributed by atoms with van der Waals surface area (Å²) in [6.07, 6.45) is 26.9. The largest absolute Gasteiger partial charge is 0.480 e. The number of hydrogen-bond donors (Lipinski definition) is 2. The lowest BCUT2D eigenvalue weighted by molar-refractivity contribution is -0.142. The smallest absolute Gasteiger partial charge is 0.320 e. The number of nitrogens with one attached hydrogen (secondary N) is 1. The van der Waals surface area contributed by atoms with Crippen LogP contribution < -0.4 is 5.32 Å². The van der Waals surface area contributed by atoms with Crippen molar-refractivity contribution in [1.29, 1.82) is 0 Å². The first-order chi connectivity index (χ1) is 16.0. The Hall–Kier alpha value is -1.36. The van der Waals surface area contributed by atoms with Crippen LogP contribution in [-0.2, 0) is 9.59 Å². The van der Waals surface area contributed by atoms with Gasteiger partial charge in [-0.25, -0.2) is 0 Å². The summed E-state index contributed by atoms with van der Waals surface area (Å²) in [7, 11) is 3.57. The predicted octanol–water partition coefficient (Wildman–Crippen LogP) is 7.11. The van der Waals surface area contributed by atoms with Gasteiger partial charge in [0.1, 0.15) is 6.04 Å². The van der Waals surface area contributed by atoms with E-state index < -0.39 is 12.0 Å². The lowest BCUT2D eigenvalue weighted by Gasteiger charge is -2.19. The number of hydrogen-bond acceptors (Lipinski definition) is 3. The van der Waals surface area contributed by atoms with E-state index in [9.17, 15) is 9.59 Å². The third-order valence-corrected chi connectivity index (χ3v) is 6.30. The van der Waals surface area contributed by atoms with Gasteiger partial charge in [-0.1, -0.05) is 83.3 Å². The van der Waals surface area contributed by atoms with Crippen molar-refractivity contribution in [3.8, 4) is 0 Å². The Kier molecular flexibility index (Phi) is 22.8. The minimum absolute atomic E-state index is 0.113. The van der Waals surface area contributed by atoms with E-state index in [1.807, 2.05) is 0 Å². The van der Waals surface area contributed by atoms with Gasteiger partial charge in [0.05, 0.1) is 0 Å². The summed E-state index contributed by atoms with van der Waals surface area (Å²) < 4.78 is 0. The zero-order chi connectivity index (χ0) is 24.6. The van der Waals surface area contributed by atoms with E-state index in [-0.39, 0.29) is 5.91 Å². The zero-order valence-electron chi connectivity index (χ0n) is 22.1. The van der Waals surface area contributed by atoms with E-state index in [0.717, 1.165) is 32.1 Å². The number of aliphatic carboxylic acids is 1. The molecule has 0 aromatic rings. The standard InChI is InChI=1S/C28H54N2O3/c1-4-5-6-7-8-9-10-11-12-13-14-15-16-17-18-19-20-24-27(31)29-25-22-21-23-26(28(32)33)30(2)3/h16-17,26H,4-15,18-25H2,1-3H3,(H,29,31)(H,32,33)/b17-16+/t26-/m0/s1. The van der Waals surface area contributed by atoms with Gasteiger partial charge in [-0.2, -0.15) is 0 Å². The van der Waals surface area contributed by atoms with Crippen LogP contribution in [0.15, 0.2) is 12.2 Å². The van der Waals surface area contributed by atoms with Gasteiger partial charge in [-0.15, -0.1) is 0 Å². The summed E-state index contributed by atoms with van der Waals surface area (Å²) in [5.74, 6) is -0.667. The molecule has 0 unspecified atom stereocenters. The number of rotatable bonds is 24. The summed E-state index contributed by atoms with van der Waals surface area (Å²) in [5.41, 5.74) is 0. The highest BCUT2D eigenvalue weighted by atomic mass is 16.4. The average molecular weight is 467 g/mol. The fraction of sp³-hybridized carbons (Fsp3) is 0.857. The monoisotopic (exact) mass is 466 g/mol. The molecule has 5 nitrogen and oxygen atoms in total. The molecule has 0 fully saturated rings. The fourth-order valence-corrected chi connectivity index (χ4v) is 4.09. The van der Waals surface area contributed by atoms with Gasteiger partial charge >= 0.3 is 5.97 Å². The van der Waals surface area contributed by atoms with Crippen molar-refractivity contribution in [1.82, 2.24) is 10.2 Å². The van der Waals surface area contributed by atoms with Gasteiger partial charge in [0.25, 0.3) is 0 Å². The molecule has 0 radical (unpaired) electrons. The molecule has 194 valence electrons. The summed E-state index contributed by atoms with van der Waals surface area (Å²) >= 11 is 0. The van der Waals surface area contributed by atoms with E-state index in [1.165, 1.54) is 77.0 Å². The maximum absolute atomic E-state index is 11.9. The number of likely N-dealkylation sites (N-methyl/N-ethyl adjacent to an activating group) is 1. The Morgan fingerprint density at radius 3 is 1.79 bits per heavy atom. The molecule has 33 heavy (non-hydrogen) atoms. The molecule has 0 heterocycles. The van der Waals surface area contributed by atoms with Gasteiger partial charge in [0.15, 0.2) is 0 Å². The molecule has 0 saturated carbocycles. The number of carbonyl (C=O) groups excluding carboxylic acids is 1. The van der Waals surface area contributed by atoms with Crippen molar-refractivity contribution < 1.29 is 14.7 Å². The first kappa shape index (κ1) is 31.6. The number of carboxylic acid groups (broad SMARTS) is 1. The summed E-state index contributed by atoms with van der Waals surface area (Å²) in [5, 5.41) is 12.1. The van der Waals surface area contributed by atoms with Crippen LogP contribution in [0.1, 0.15) is 129 Å². The Morgan fingerprint density at radius 1 is 0.758 bits per heavy atom. The van der Waals surface area contributed by atoms with Crippen LogP contribution in [-0.4, -0.2) is 48.6 Å². The number of carbonyl (C=O) groups is 2. The normalized spacial score (nSPS) is 12.5. The van der Waals surface area contributed by atoms with Crippen LogP contribution in [0.4, 0.5) is 0 Å². The highest BCUT2D eigenvalue weighted by Gasteiger charge is 2.18. The van der Waals surface area contributed by atoms with Gasteiger partial charge < -0.3 is 10.4 Å². The van der Waals surface area contributed by atoms with Gasteiger partial charge in [-0.3, -0.25) is 14.5 Å². The Labute approximate surface area is 204 Å². The molecule has 0 aromatic carbocycles. The number of nitrogens with zero attached hydrogens (tertiary/aromatic N) is 1. The van der Waals surface area contributed by atoms with Gasteiger partial charge in [0.2, 0.25) is 5.91 Å². The van der Waals surface area contributed by atoms with Crippen molar-refractivity contribution in [2.75, 3.05) is 20.6 Å². The van der Waals surface area contributed by atoms with Crippen LogP contribution in [0.2, 0.25) is 0 Å². The molecule has 0 bridgehead atoms. The predicted molar refractivity (Wildman–Crippen MR) is 141 cm³/mol. The average Bonchev–Trinajstić information content (AvgIpc) is 2.77. The molecule has 1 atom stereocenters. The highest BCUT2D eigenvalue weighted by Crippen LogP contribution is 2.12. The van der Waals surface area contributed by atoms with Crippen LogP contribution in [0.3, 0.4) is 0 Å². The van der Waals surface area contributed by atoms with E-state index in [1.54, 1.807) is 19.0 Å². The molecule has 0 spiro atoms. The van der Waals surface area contributed by atoms with Crippen LogP contribution in [0.25, 0.3) is 0 Å². The molecule has 5 heteroatoms. The second kappa shape index (κ2) is 23.8. The van der Waals surface area contributed by atoms with Crippen molar-refractivity contribution in [3.63, 3.8) is 0 Å². The number of carboxylic acids is 1. The minimum atomic E-state index is -0.781. The molecule has 2 N–H and O–H groups in total. The zero-order valence-corrected chi connectivity index (χ0v) is 22.1. The van der Waals surface area contributed by atoms with Crippen molar-refractivity contribution >= 4 is 11.9 Å². The molecular formula is C28H54N2O3. The first-order valence-electron chi connectivity index (χ1n) is 13.8. The lowest BCUT2D eigenvalue weighted by Crippen LogP contribution is -2.35. The molecule has 0 saturated heterocycles. The Morgan fingerprint density at radius 2 is 1.27 bits per heavy atom. The van der Waals surface area contributed by atoms with Crippen LogP contribution in [0.5, 0.6) is 0 Å². The highest BCUT2D eigenvalue weighted by molar-refractivity contribution is 5.75. The van der Waals surface area contributed by atoms with Crippen molar-refractivity contribution in [3.05, 3.63) is 12.2 Å². The second-order valence-electron chi connectivity index (χ2n) is 9.70. The van der Waals surface area contributed by atoms with Crippen LogP contribution in [0, 0.1) is 0 Å². The Bertz CT molecular complexity index is 492. The summed E-state index contributed by atoms with van der Waals surface area (Å²) in [6.45, 7) is 2.91. The number of amides is 1. The van der Waals surface area contributed by atoms with Crippen molar-refractivity contribution in [2.24, 2.45) is 0 Å². The summed E-state index contributed by atoms with van der Waals surface area (Å²) in [4.78, 5) is 24.7. The Balaban J connectivity index is 3.38. The van der Waals surface area contributed by atoms with E-state index in [0.29, 0.717) is 19.4 Å². The van der Waals surface area contributed by atoms with E-state index >= 15 is 0 Å². The van der Waals surface area contributed by atoms with Gasteiger partial charge in [-0.05, 0) is 65.5 Å². The quantitative estimate of drug-likeness (QED) is 0.117. The number of unbranched alkanes of at least 4 members (excludes halogenated alkanes) is 14. The molecule has 0 aliphatic rings. The second-order valence-corrected chi connectivity index (χ2v) is 9.70. The third kappa shape index (κ3) is 22.2.